The van der Waals surface area contributed by atoms with Gasteiger partial charge < -0.3 is 25.0 Å². The highest BCUT2D eigenvalue weighted by atomic mass is 16.5. The van der Waals surface area contributed by atoms with Crippen molar-refractivity contribution in [3.05, 3.63) is 77.5 Å². The van der Waals surface area contributed by atoms with Crippen molar-refractivity contribution in [1.82, 2.24) is 9.88 Å². The molecule has 0 aliphatic carbocycles. The fourth-order valence-electron chi connectivity index (χ4n) is 5.68. The Labute approximate surface area is 223 Å². The van der Waals surface area contributed by atoms with E-state index in [1.165, 1.54) is 6.20 Å². The molecule has 38 heavy (non-hydrogen) atoms. The topological polar surface area (TPSA) is 98.0 Å². The van der Waals surface area contributed by atoms with E-state index in [4.69, 9.17) is 15.2 Å². The molecule has 0 fully saturated rings. The number of methoxy groups -OCH3 is 1. The summed E-state index contributed by atoms with van der Waals surface area (Å²) in [6.07, 6.45) is 4.52. The van der Waals surface area contributed by atoms with Gasteiger partial charge in [-0.1, -0.05) is 24.3 Å². The molecule has 5 rings (SSSR count). The van der Waals surface area contributed by atoms with E-state index in [2.05, 4.69) is 11.1 Å². The first-order chi connectivity index (χ1) is 18.5. The van der Waals surface area contributed by atoms with Crippen molar-refractivity contribution < 1.29 is 19.1 Å². The molecule has 8 heteroatoms. The number of ether oxygens (including phenoxy) is 2. The Hall–Kier alpha value is -4.07. The van der Waals surface area contributed by atoms with Crippen LogP contribution < -0.4 is 20.1 Å². The SMILES string of the molecule is COc1ccc2cc1OCCCCN(C(=O)c1ccc(N)nc1)CC[C@@H]1c3ccccc3N(C(C)=O)[C@@H]1C2. The van der Waals surface area contributed by atoms with Gasteiger partial charge in [0.25, 0.3) is 5.91 Å². The normalized spacial score (nSPS) is 19.5. The lowest BCUT2D eigenvalue weighted by molar-refractivity contribution is -0.117. The number of amides is 2. The standard InChI is InChI=1S/C30H34N4O4/c1-20(35)34-25-8-4-3-7-23(25)24-13-15-33(30(36)22-10-12-29(31)32-19-22)14-5-6-16-38-28-18-21(17-26(24)34)9-11-27(28)37-2/h3-4,7-12,18-19,24,26H,5-6,13-17H2,1-2H3,(H2,31,32)/t24-,26-/m1/s1. The molecular weight excluding hydrogens is 480 g/mol. The number of carbonyl (C=O) groups is 2. The van der Waals surface area contributed by atoms with Crippen LogP contribution in [-0.4, -0.2) is 54.5 Å². The molecule has 2 aliphatic rings. The molecule has 0 radical (unpaired) electrons. The van der Waals surface area contributed by atoms with Crippen molar-refractivity contribution in [1.29, 1.82) is 0 Å². The van der Waals surface area contributed by atoms with Crippen molar-refractivity contribution in [2.24, 2.45) is 0 Å². The van der Waals surface area contributed by atoms with Gasteiger partial charge in [0.05, 0.1) is 19.3 Å². The van der Waals surface area contributed by atoms with Gasteiger partial charge in [0, 0.05) is 43.9 Å². The van der Waals surface area contributed by atoms with Gasteiger partial charge in [-0.3, -0.25) is 9.59 Å². The van der Waals surface area contributed by atoms with Crippen LogP contribution >= 0.6 is 0 Å². The molecule has 0 unspecified atom stereocenters. The first-order valence-corrected chi connectivity index (χ1v) is 13.2. The van der Waals surface area contributed by atoms with Crippen molar-refractivity contribution in [3.63, 3.8) is 0 Å². The number of carbonyl (C=O) groups excluding carboxylic acids is 2. The first kappa shape index (κ1) is 25.6. The van der Waals surface area contributed by atoms with E-state index in [1.807, 2.05) is 46.2 Å². The number of nitrogen functional groups attached to an aromatic ring is 1. The maximum atomic E-state index is 13.5. The van der Waals surface area contributed by atoms with Gasteiger partial charge in [-0.25, -0.2) is 4.98 Å². The highest BCUT2D eigenvalue weighted by Crippen LogP contribution is 2.44. The second-order valence-electron chi connectivity index (χ2n) is 9.92. The van der Waals surface area contributed by atoms with E-state index in [-0.39, 0.29) is 23.8 Å². The van der Waals surface area contributed by atoms with Gasteiger partial charge in [-0.05, 0) is 67.1 Å². The molecule has 1 aromatic heterocycles. The van der Waals surface area contributed by atoms with Crippen LogP contribution in [0.25, 0.3) is 0 Å². The lowest BCUT2D eigenvalue weighted by Crippen LogP contribution is -2.41. The molecule has 2 bridgehead atoms. The molecule has 0 saturated heterocycles. The van der Waals surface area contributed by atoms with E-state index in [0.29, 0.717) is 49.0 Å². The Morgan fingerprint density at radius 1 is 1.08 bits per heavy atom. The average molecular weight is 515 g/mol. The minimum Gasteiger partial charge on any atom is -0.493 e. The summed E-state index contributed by atoms with van der Waals surface area (Å²) in [5.74, 6) is 1.78. The maximum Gasteiger partial charge on any atom is 0.255 e. The molecule has 2 aliphatic heterocycles. The summed E-state index contributed by atoms with van der Waals surface area (Å²) in [6.45, 7) is 3.30. The van der Waals surface area contributed by atoms with E-state index >= 15 is 0 Å². The summed E-state index contributed by atoms with van der Waals surface area (Å²) < 4.78 is 11.7. The molecule has 3 aromatic rings. The third-order valence-electron chi connectivity index (χ3n) is 7.51. The number of para-hydroxylation sites is 1. The van der Waals surface area contributed by atoms with E-state index in [1.54, 1.807) is 26.2 Å². The van der Waals surface area contributed by atoms with Crippen molar-refractivity contribution >= 4 is 23.3 Å². The third kappa shape index (κ3) is 5.16. The van der Waals surface area contributed by atoms with E-state index in [9.17, 15) is 9.59 Å². The molecule has 8 nitrogen and oxygen atoms in total. The fourth-order valence-corrected chi connectivity index (χ4v) is 5.68. The number of nitrogens with two attached hydrogens (primary N) is 1. The van der Waals surface area contributed by atoms with Crippen LogP contribution in [0.15, 0.2) is 60.8 Å². The number of aromatic nitrogens is 1. The highest BCUT2D eigenvalue weighted by Gasteiger charge is 2.40. The molecule has 0 spiro atoms. The molecule has 2 N–H and O–H groups in total. The van der Waals surface area contributed by atoms with Crippen molar-refractivity contribution in [3.8, 4) is 11.5 Å². The Kier molecular flexibility index (Phi) is 7.49. The monoisotopic (exact) mass is 514 g/mol. The van der Waals surface area contributed by atoms with Gasteiger partial charge in [-0.15, -0.1) is 0 Å². The quantitative estimate of drug-likeness (QED) is 0.543. The number of rotatable bonds is 2. The second kappa shape index (κ2) is 11.1. The fraction of sp³-hybridized carbons (Fsp3) is 0.367. The first-order valence-electron chi connectivity index (χ1n) is 13.2. The zero-order valence-corrected chi connectivity index (χ0v) is 21.9. The Bertz CT molecular complexity index is 1310. The summed E-state index contributed by atoms with van der Waals surface area (Å²) in [4.78, 5) is 34.4. The van der Waals surface area contributed by atoms with Crippen LogP contribution in [0.4, 0.5) is 11.5 Å². The zero-order valence-electron chi connectivity index (χ0n) is 21.9. The molecule has 198 valence electrons. The Balaban J connectivity index is 1.51. The second-order valence-corrected chi connectivity index (χ2v) is 9.92. The minimum absolute atomic E-state index is 0.0110. The number of hydrogen-bond donors (Lipinski definition) is 1. The lowest BCUT2D eigenvalue weighted by Gasteiger charge is -2.31. The number of benzene rings is 2. The van der Waals surface area contributed by atoms with Crippen LogP contribution in [0.2, 0.25) is 0 Å². The van der Waals surface area contributed by atoms with Crippen LogP contribution in [0.5, 0.6) is 11.5 Å². The van der Waals surface area contributed by atoms with Gasteiger partial charge in [-0.2, -0.15) is 0 Å². The van der Waals surface area contributed by atoms with Crippen molar-refractivity contribution in [2.75, 3.05) is 37.4 Å². The molecule has 0 saturated carbocycles. The molecule has 3 heterocycles. The van der Waals surface area contributed by atoms with E-state index < -0.39 is 0 Å². The predicted molar refractivity (Wildman–Crippen MR) is 147 cm³/mol. The summed E-state index contributed by atoms with van der Waals surface area (Å²) in [5, 5.41) is 0. The summed E-state index contributed by atoms with van der Waals surface area (Å²) >= 11 is 0. The maximum absolute atomic E-state index is 13.5. The third-order valence-corrected chi connectivity index (χ3v) is 7.51. The average Bonchev–Trinajstić information content (AvgIpc) is 3.23. The summed E-state index contributed by atoms with van der Waals surface area (Å²) in [6, 6.07) is 17.4. The highest BCUT2D eigenvalue weighted by molar-refractivity contribution is 5.95. The number of nitrogens with zero attached hydrogens (tertiary/aromatic N) is 3. The van der Waals surface area contributed by atoms with Crippen LogP contribution in [0.3, 0.4) is 0 Å². The van der Waals surface area contributed by atoms with Gasteiger partial charge in [0.15, 0.2) is 11.5 Å². The van der Waals surface area contributed by atoms with Crippen molar-refractivity contribution in [2.45, 2.75) is 44.6 Å². The Morgan fingerprint density at radius 3 is 2.68 bits per heavy atom. The summed E-state index contributed by atoms with van der Waals surface area (Å²) in [7, 11) is 1.64. The summed E-state index contributed by atoms with van der Waals surface area (Å²) in [5.41, 5.74) is 9.43. The Morgan fingerprint density at radius 2 is 1.92 bits per heavy atom. The van der Waals surface area contributed by atoms with Gasteiger partial charge >= 0.3 is 0 Å². The minimum atomic E-state index is -0.0794. The van der Waals surface area contributed by atoms with Crippen LogP contribution in [0, 0.1) is 0 Å². The molecular formula is C30H34N4O4. The predicted octanol–water partition coefficient (Wildman–Crippen LogP) is 4.44. The van der Waals surface area contributed by atoms with Gasteiger partial charge in [0.2, 0.25) is 5.91 Å². The van der Waals surface area contributed by atoms with Crippen LogP contribution in [0.1, 0.15) is 53.6 Å². The number of anilines is 2. The lowest BCUT2D eigenvalue weighted by atomic mass is 9.87. The number of pyridine rings is 1. The van der Waals surface area contributed by atoms with Crippen LogP contribution in [-0.2, 0) is 11.2 Å². The molecule has 2 atom stereocenters. The van der Waals surface area contributed by atoms with E-state index in [0.717, 1.165) is 36.1 Å². The van der Waals surface area contributed by atoms with Gasteiger partial charge in [0.1, 0.15) is 5.82 Å². The molecule has 2 amide bonds. The number of hydrogen-bond acceptors (Lipinski definition) is 6. The number of fused-ring (bicyclic) bond motifs is 5. The smallest absolute Gasteiger partial charge is 0.255 e. The zero-order chi connectivity index (χ0) is 26.6. The largest absolute Gasteiger partial charge is 0.493 e. The molecule has 2 aromatic carbocycles.